The van der Waals surface area contributed by atoms with Gasteiger partial charge in [-0.05, 0) is 37.1 Å². The van der Waals surface area contributed by atoms with Gasteiger partial charge in [0.25, 0.3) is 5.56 Å². The third-order valence-corrected chi connectivity index (χ3v) is 5.09. The van der Waals surface area contributed by atoms with E-state index in [0.717, 1.165) is 4.57 Å². The summed E-state index contributed by atoms with van der Waals surface area (Å²) in [5.41, 5.74) is 0.202. The maximum Gasteiger partial charge on any atom is 0.330 e. The van der Waals surface area contributed by atoms with E-state index in [1.165, 1.54) is 17.7 Å². The van der Waals surface area contributed by atoms with Crippen LogP contribution >= 0.6 is 0 Å². The van der Waals surface area contributed by atoms with Crippen molar-refractivity contribution >= 4 is 28.4 Å². The Morgan fingerprint density at radius 1 is 1.15 bits per heavy atom. The summed E-state index contributed by atoms with van der Waals surface area (Å²) in [4.78, 5) is 50.2. The number of anilines is 1. The van der Waals surface area contributed by atoms with E-state index in [-0.39, 0.29) is 23.3 Å². The molecule has 1 fully saturated rings. The molecule has 8 nitrogen and oxygen atoms in total. The Labute approximate surface area is 155 Å². The first-order valence-electron chi connectivity index (χ1n) is 8.75. The molecule has 1 N–H and O–H groups in total. The minimum Gasteiger partial charge on any atom is -0.339 e. The first kappa shape index (κ1) is 18.6. The van der Waals surface area contributed by atoms with Crippen molar-refractivity contribution in [3.63, 3.8) is 0 Å². The van der Waals surface area contributed by atoms with E-state index in [4.69, 9.17) is 0 Å². The molecule has 3 rings (SSSR count). The molecular formula is C19H22N4O4. The second-order valence-electron chi connectivity index (χ2n) is 6.73. The Hall–Kier alpha value is -3.16. The highest BCUT2D eigenvalue weighted by Crippen LogP contribution is 2.21. The van der Waals surface area contributed by atoms with Crippen molar-refractivity contribution in [2.75, 3.05) is 18.4 Å². The van der Waals surface area contributed by atoms with Gasteiger partial charge in [-0.3, -0.25) is 23.5 Å². The van der Waals surface area contributed by atoms with Crippen LogP contribution < -0.4 is 16.6 Å². The number of carbonyl (C=O) groups excluding carboxylic acids is 2. The average Bonchev–Trinajstić information content (AvgIpc) is 2.70. The van der Waals surface area contributed by atoms with Gasteiger partial charge in [0.15, 0.2) is 0 Å². The van der Waals surface area contributed by atoms with Crippen LogP contribution in [-0.2, 0) is 23.7 Å². The quantitative estimate of drug-likeness (QED) is 0.801. The molecule has 0 saturated carbocycles. The van der Waals surface area contributed by atoms with Gasteiger partial charge >= 0.3 is 5.69 Å². The van der Waals surface area contributed by atoms with Crippen molar-refractivity contribution in [2.45, 2.75) is 12.8 Å². The topological polar surface area (TPSA) is 93.4 Å². The number of amides is 2. The Bertz CT molecular complexity index is 1040. The molecule has 0 spiro atoms. The number of nitrogens with zero attached hydrogens (tertiary/aromatic N) is 3. The second-order valence-corrected chi connectivity index (χ2v) is 6.73. The zero-order chi connectivity index (χ0) is 19.7. The van der Waals surface area contributed by atoms with Crippen LogP contribution in [0.25, 0.3) is 10.9 Å². The zero-order valence-electron chi connectivity index (χ0n) is 15.4. The summed E-state index contributed by atoms with van der Waals surface area (Å²) >= 11 is 0. The van der Waals surface area contributed by atoms with E-state index in [0.29, 0.717) is 42.5 Å². The van der Waals surface area contributed by atoms with Crippen molar-refractivity contribution in [3.05, 3.63) is 51.7 Å². The van der Waals surface area contributed by atoms with Crippen LogP contribution in [0.4, 0.5) is 5.69 Å². The lowest BCUT2D eigenvalue weighted by Crippen LogP contribution is -2.40. The molecule has 2 amide bonds. The molecule has 142 valence electrons. The molecule has 1 saturated heterocycles. The van der Waals surface area contributed by atoms with Gasteiger partial charge in [-0.15, -0.1) is 0 Å². The molecule has 2 aromatic rings. The standard InChI is InChI=1S/C19H22N4O4/c1-4-16(24)23-9-7-12(8-10-23)17(25)20-13-5-6-14-15(11-13)21(2)19(27)22(3)18(14)26/h4-6,11-12H,1,7-10H2,2-3H3,(H,20,25). The molecule has 0 unspecified atom stereocenters. The first-order chi connectivity index (χ1) is 12.8. The lowest BCUT2D eigenvalue weighted by molar-refractivity contribution is -0.130. The number of rotatable bonds is 3. The van der Waals surface area contributed by atoms with Gasteiger partial charge in [-0.1, -0.05) is 6.58 Å². The molecule has 8 heteroatoms. The van der Waals surface area contributed by atoms with Gasteiger partial charge in [0, 0.05) is 38.8 Å². The average molecular weight is 370 g/mol. The highest BCUT2D eigenvalue weighted by atomic mass is 16.2. The summed E-state index contributed by atoms with van der Waals surface area (Å²) in [5, 5.41) is 3.27. The van der Waals surface area contributed by atoms with E-state index in [1.807, 2.05) is 0 Å². The number of piperidine rings is 1. The predicted molar refractivity (Wildman–Crippen MR) is 103 cm³/mol. The van der Waals surface area contributed by atoms with Crippen LogP contribution in [-0.4, -0.2) is 38.9 Å². The summed E-state index contributed by atoms with van der Waals surface area (Å²) in [5.74, 6) is -0.443. The van der Waals surface area contributed by atoms with Crippen LogP contribution in [0.15, 0.2) is 40.4 Å². The van der Waals surface area contributed by atoms with Crippen LogP contribution in [0.5, 0.6) is 0 Å². The third-order valence-electron chi connectivity index (χ3n) is 5.09. The van der Waals surface area contributed by atoms with Crippen molar-refractivity contribution in [3.8, 4) is 0 Å². The largest absolute Gasteiger partial charge is 0.339 e. The maximum atomic E-state index is 12.6. The fourth-order valence-electron chi connectivity index (χ4n) is 3.40. The molecule has 1 aromatic carbocycles. The van der Waals surface area contributed by atoms with E-state index >= 15 is 0 Å². The van der Waals surface area contributed by atoms with Gasteiger partial charge in [0.2, 0.25) is 11.8 Å². The molecule has 1 aromatic heterocycles. The molecular weight excluding hydrogens is 348 g/mol. The van der Waals surface area contributed by atoms with E-state index < -0.39 is 5.69 Å². The Morgan fingerprint density at radius 3 is 2.44 bits per heavy atom. The Balaban J connectivity index is 1.78. The van der Waals surface area contributed by atoms with Gasteiger partial charge in [0.1, 0.15) is 0 Å². The van der Waals surface area contributed by atoms with Gasteiger partial charge in [-0.25, -0.2) is 4.79 Å². The second kappa shape index (κ2) is 7.22. The van der Waals surface area contributed by atoms with Crippen LogP contribution in [0, 0.1) is 5.92 Å². The van der Waals surface area contributed by atoms with Crippen LogP contribution in [0.1, 0.15) is 12.8 Å². The molecule has 0 bridgehead atoms. The monoisotopic (exact) mass is 370 g/mol. The normalized spacial score (nSPS) is 15.0. The summed E-state index contributed by atoms with van der Waals surface area (Å²) in [7, 11) is 3.02. The molecule has 0 atom stereocenters. The number of nitrogens with one attached hydrogen (secondary N) is 1. The number of hydrogen-bond acceptors (Lipinski definition) is 4. The summed E-state index contributed by atoms with van der Waals surface area (Å²) in [6.45, 7) is 4.52. The number of aromatic nitrogens is 2. The van der Waals surface area contributed by atoms with E-state index in [9.17, 15) is 19.2 Å². The SMILES string of the molecule is C=CC(=O)N1CCC(C(=O)Nc2ccc3c(=O)n(C)c(=O)n(C)c3c2)CC1. The minimum atomic E-state index is -0.421. The van der Waals surface area contributed by atoms with Crippen LogP contribution in [0.2, 0.25) is 0 Å². The fourth-order valence-corrected chi connectivity index (χ4v) is 3.40. The fraction of sp³-hybridized carbons (Fsp3) is 0.368. The first-order valence-corrected chi connectivity index (χ1v) is 8.75. The summed E-state index contributed by atoms with van der Waals surface area (Å²) < 4.78 is 2.44. The molecule has 0 aliphatic carbocycles. The van der Waals surface area contributed by atoms with Crippen molar-refractivity contribution in [1.29, 1.82) is 0 Å². The smallest absolute Gasteiger partial charge is 0.330 e. The predicted octanol–water partition coefficient (Wildman–Crippen LogP) is 0.600. The van der Waals surface area contributed by atoms with Crippen molar-refractivity contribution in [2.24, 2.45) is 20.0 Å². The number of carbonyl (C=O) groups is 2. The lowest BCUT2D eigenvalue weighted by atomic mass is 9.95. The van der Waals surface area contributed by atoms with Gasteiger partial charge in [0.05, 0.1) is 10.9 Å². The van der Waals surface area contributed by atoms with E-state index in [1.54, 1.807) is 30.1 Å². The van der Waals surface area contributed by atoms with Gasteiger partial charge < -0.3 is 10.2 Å². The number of aryl methyl sites for hydroxylation is 1. The van der Waals surface area contributed by atoms with Gasteiger partial charge in [-0.2, -0.15) is 0 Å². The molecule has 0 radical (unpaired) electrons. The summed E-state index contributed by atoms with van der Waals surface area (Å²) in [6, 6.07) is 4.90. The lowest BCUT2D eigenvalue weighted by Gasteiger charge is -2.30. The Morgan fingerprint density at radius 2 is 1.81 bits per heavy atom. The maximum absolute atomic E-state index is 12.6. The highest BCUT2D eigenvalue weighted by Gasteiger charge is 2.26. The molecule has 27 heavy (non-hydrogen) atoms. The number of likely N-dealkylation sites (tertiary alicyclic amines) is 1. The molecule has 2 heterocycles. The van der Waals surface area contributed by atoms with Crippen molar-refractivity contribution in [1.82, 2.24) is 14.0 Å². The minimum absolute atomic E-state index is 0.120. The third kappa shape index (κ3) is 3.42. The zero-order valence-corrected chi connectivity index (χ0v) is 15.4. The van der Waals surface area contributed by atoms with Crippen molar-refractivity contribution < 1.29 is 9.59 Å². The summed E-state index contributed by atoms with van der Waals surface area (Å²) in [6.07, 6.45) is 2.44. The number of hydrogen-bond donors (Lipinski definition) is 1. The van der Waals surface area contributed by atoms with Crippen LogP contribution in [0.3, 0.4) is 0 Å². The molecule has 1 aliphatic rings. The number of benzene rings is 1. The van der Waals surface area contributed by atoms with E-state index in [2.05, 4.69) is 11.9 Å². The Kier molecular flexibility index (Phi) is 4.98. The molecule has 1 aliphatic heterocycles. The number of fused-ring (bicyclic) bond motifs is 1. The highest BCUT2D eigenvalue weighted by molar-refractivity contribution is 5.95.